The number of carbonyl (C=O) groups excluding carboxylic acids is 3. The summed E-state index contributed by atoms with van der Waals surface area (Å²) in [5, 5.41) is 33.5. The molecule has 0 unspecified atom stereocenters. The molecular formula is C39H58N9O4+. The fourth-order valence-electron chi connectivity index (χ4n) is 9.67. The molecule has 282 valence electrons. The number of hydrogen-bond donors (Lipinski definition) is 4. The predicted octanol–water partition coefficient (Wildman–Crippen LogP) is 3.61. The number of nitrogens with zero attached hydrogens (tertiary/aromatic N) is 6. The largest absolute Gasteiger partial charge is 0.393 e. The highest BCUT2D eigenvalue weighted by Crippen LogP contribution is 2.65. The number of likely N-dealkylation sites (N-methyl/N-ethyl adjacent to an activating group) is 1. The lowest BCUT2D eigenvalue weighted by Crippen LogP contribution is -2.51. The van der Waals surface area contributed by atoms with Gasteiger partial charge in [0.25, 0.3) is 11.8 Å². The Labute approximate surface area is 307 Å². The van der Waals surface area contributed by atoms with Gasteiger partial charge < -0.3 is 20.2 Å². The van der Waals surface area contributed by atoms with E-state index in [-0.39, 0.29) is 47.7 Å². The van der Waals surface area contributed by atoms with Crippen LogP contribution in [-0.2, 0) is 20.9 Å². The summed E-state index contributed by atoms with van der Waals surface area (Å²) in [6.45, 7) is 5.37. The second kappa shape index (κ2) is 15.6. The molecule has 52 heavy (non-hydrogen) atoms. The van der Waals surface area contributed by atoms with Crippen LogP contribution in [0.4, 0.5) is 0 Å². The van der Waals surface area contributed by atoms with Gasteiger partial charge in [-0.1, -0.05) is 49.8 Å². The van der Waals surface area contributed by atoms with Crippen molar-refractivity contribution in [3.63, 3.8) is 0 Å². The van der Waals surface area contributed by atoms with Crippen LogP contribution in [0, 0.1) is 28.6 Å². The molecule has 4 N–H and O–H groups in total. The van der Waals surface area contributed by atoms with Gasteiger partial charge in [-0.2, -0.15) is 9.90 Å². The van der Waals surface area contributed by atoms with E-state index in [2.05, 4.69) is 56.5 Å². The van der Waals surface area contributed by atoms with Gasteiger partial charge in [-0.25, -0.2) is 5.43 Å². The van der Waals surface area contributed by atoms with Crippen LogP contribution in [0.15, 0.2) is 47.1 Å². The Kier molecular flexibility index (Phi) is 11.3. The van der Waals surface area contributed by atoms with Crippen LogP contribution in [0.5, 0.6) is 0 Å². The number of allylic oxidation sites excluding steroid dienone is 2. The zero-order valence-electron chi connectivity index (χ0n) is 31.6. The van der Waals surface area contributed by atoms with E-state index in [0.29, 0.717) is 53.9 Å². The number of aromatic nitrogens is 4. The third kappa shape index (κ3) is 8.46. The molecule has 7 atom stereocenters. The molecule has 1 aromatic carbocycles. The van der Waals surface area contributed by atoms with Crippen LogP contribution >= 0.6 is 0 Å². The minimum atomic E-state index is -0.745. The third-order valence-corrected chi connectivity index (χ3v) is 12.5. The molecule has 3 saturated carbocycles. The monoisotopic (exact) mass is 716 g/mol. The standard InChI is InChI=1S/C39H57N9O4/c1-38-20-18-28(23-27(38)14-15-29-30-16-17-33(49)39(30,2)21-19-31(29)38)42-44-37(52)32(41-35(51)25-48(3,4)5)13-9-10-22-40-34(50)24-47-45-36(43-46-47)26-11-7-6-8-12-26/h6-8,11-12,23,29-33,49H,9-10,13-22,24-25H2,1-5H3,(H2-,40,41,44,50,51,52)/p+1/b42-28+/t29-,30-,31-,32-,33+,38-,39-/m0/s1. The molecule has 4 aliphatic rings. The first-order chi connectivity index (χ1) is 24.7. The Hall–Kier alpha value is -3.97. The number of carbonyl (C=O) groups is 3. The molecule has 3 fully saturated rings. The summed E-state index contributed by atoms with van der Waals surface area (Å²) in [5.41, 5.74) is 6.15. The molecule has 0 aliphatic heterocycles. The minimum absolute atomic E-state index is 0.0487. The van der Waals surface area contributed by atoms with Crippen LogP contribution in [0.1, 0.15) is 84.5 Å². The molecule has 1 aromatic heterocycles. The average molecular weight is 717 g/mol. The number of hydrogen-bond acceptors (Lipinski definition) is 8. The lowest BCUT2D eigenvalue weighted by molar-refractivity contribution is -0.862. The zero-order valence-corrected chi connectivity index (χ0v) is 31.6. The summed E-state index contributed by atoms with van der Waals surface area (Å²) in [6.07, 6.45) is 12.1. The van der Waals surface area contributed by atoms with Gasteiger partial charge in [-0.3, -0.25) is 14.4 Å². The summed E-state index contributed by atoms with van der Waals surface area (Å²) in [4.78, 5) is 40.2. The Morgan fingerprint density at radius 3 is 2.56 bits per heavy atom. The third-order valence-electron chi connectivity index (χ3n) is 12.5. The summed E-state index contributed by atoms with van der Waals surface area (Å²) < 4.78 is 0.441. The molecule has 2 aromatic rings. The minimum Gasteiger partial charge on any atom is -0.393 e. The molecule has 0 radical (unpaired) electrons. The van der Waals surface area contributed by atoms with Crippen molar-refractivity contribution in [2.75, 3.05) is 34.2 Å². The Morgan fingerprint density at radius 1 is 1.00 bits per heavy atom. The normalized spacial score (nSPS) is 29.7. The molecule has 0 spiro atoms. The van der Waals surface area contributed by atoms with E-state index in [1.165, 1.54) is 16.8 Å². The second-order valence-electron chi connectivity index (χ2n) is 17.1. The quantitative estimate of drug-likeness (QED) is 0.140. The fourth-order valence-corrected chi connectivity index (χ4v) is 9.67. The van der Waals surface area contributed by atoms with Crippen LogP contribution in [0.3, 0.4) is 0 Å². The Balaban J connectivity index is 1.01. The molecular weight excluding hydrogens is 658 g/mol. The average Bonchev–Trinajstić information content (AvgIpc) is 3.69. The highest BCUT2D eigenvalue weighted by molar-refractivity contribution is 5.98. The lowest BCUT2D eigenvalue weighted by Gasteiger charge is -2.57. The van der Waals surface area contributed by atoms with Gasteiger partial charge in [0, 0.05) is 12.1 Å². The van der Waals surface area contributed by atoms with Crippen molar-refractivity contribution in [1.29, 1.82) is 0 Å². The number of unbranched alkanes of at least 4 members (excludes halogenated alkanes) is 1. The smallest absolute Gasteiger partial charge is 0.275 e. The van der Waals surface area contributed by atoms with E-state index in [1.807, 2.05) is 51.5 Å². The molecule has 1 heterocycles. The SMILES string of the molecule is C[C@]12CC[C@H]3[C@@H](CCC4=C/C(=N/NC(=O)[C@H](CCCCNC(=O)Cn5nnc(-c6ccccc6)n5)NC(=O)C[N+](C)(C)C)CC[C@@]43C)[C@@H]1CC[C@H]2O. The molecule has 13 heteroatoms. The summed E-state index contributed by atoms with van der Waals surface area (Å²) in [6, 6.07) is 8.71. The van der Waals surface area contributed by atoms with Crippen molar-refractivity contribution in [3.8, 4) is 11.4 Å². The van der Waals surface area contributed by atoms with Crippen molar-refractivity contribution < 1.29 is 24.0 Å². The van der Waals surface area contributed by atoms with E-state index in [1.54, 1.807) is 0 Å². The molecule has 4 aliphatic carbocycles. The van der Waals surface area contributed by atoms with Crippen molar-refractivity contribution in [2.24, 2.45) is 33.7 Å². The van der Waals surface area contributed by atoms with Gasteiger partial charge in [0.2, 0.25) is 11.7 Å². The maximum atomic E-state index is 13.5. The van der Waals surface area contributed by atoms with Crippen LogP contribution < -0.4 is 16.1 Å². The van der Waals surface area contributed by atoms with Crippen molar-refractivity contribution in [2.45, 2.75) is 103 Å². The van der Waals surface area contributed by atoms with Crippen LogP contribution in [0.25, 0.3) is 11.4 Å². The number of benzene rings is 1. The zero-order chi connectivity index (χ0) is 37.1. The molecule has 13 nitrogen and oxygen atoms in total. The van der Waals surface area contributed by atoms with Gasteiger partial charge >= 0.3 is 0 Å². The maximum Gasteiger partial charge on any atom is 0.275 e. The summed E-state index contributed by atoms with van der Waals surface area (Å²) >= 11 is 0. The Morgan fingerprint density at radius 2 is 1.79 bits per heavy atom. The first-order valence-electron chi connectivity index (χ1n) is 19.2. The Bertz CT molecular complexity index is 1670. The van der Waals surface area contributed by atoms with Crippen LogP contribution in [0.2, 0.25) is 0 Å². The number of fused-ring (bicyclic) bond motifs is 5. The fraction of sp³-hybridized carbons (Fsp3) is 0.667. The number of rotatable bonds is 13. The first-order valence-corrected chi connectivity index (χ1v) is 19.2. The lowest BCUT2D eigenvalue weighted by atomic mass is 9.47. The van der Waals surface area contributed by atoms with Crippen molar-refractivity contribution in [3.05, 3.63) is 42.0 Å². The van der Waals surface area contributed by atoms with E-state index in [9.17, 15) is 19.5 Å². The van der Waals surface area contributed by atoms with E-state index in [4.69, 9.17) is 0 Å². The van der Waals surface area contributed by atoms with Gasteiger partial charge in [-0.15, -0.1) is 10.2 Å². The topological polar surface area (TPSA) is 163 Å². The van der Waals surface area contributed by atoms with E-state index >= 15 is 0 Å². The number of nitrogens with one attached hydrogen (secondary N) is 3. The number of aliphatic hydroxyl groups excluding tert-OH is 1. The van der Waals surface area contributed by atoms with Gasteiger partial charge in [0.15, 0.2) is 6.54 Å². The number of aliphatic hydroxyl groups is 1. The number of hydrazone groups is 1. The van der Waals surface area contributed by atoms with Gasteiger partial charge in [-0.05, 0) is 111 Å². The number of tetrazole rings is 1. The van der Waals surface area contributed by atoms with Crippen LogP contribution in [-0.4, -0.2) is 99.6 Å². The van der Waals surface area contributed by atoms with Crippen molar-refractivity contribution in [1.82, 2.24) is 36.3 Å². The van der Waals surface area contributed by atoms with Gasteiger partial charge in [0.1, 0.15) is 12.6 Å². The summed E-state index contributed by atoms with van der Waals surface area (Å²) in [7, 11) is 5.80. The highest BCUT2D eigenvalue weighted by atomic mass is 16.3. The number of quaternary nitrogens is 1. The number of amides is 3. The maximum absolute atomic E-state index is 13.5. The van der Waals surface area contributed by atoms with Crippen molar-refractivity contribution >= 4 is 23.4 Å². The van der Waals surface area contributed by atoms with Gasteiger partial charge in [0.05, 0.1) is 33.0 Å². The summed E-state index contributed by atoms with van der Waals surface area (Å²) in [5.74, 6) is 1.60. The first kappa shape index (κ1) is 37.8. The second-order valence-corrected chi connectivity index (χ2v) is 17.1. The van der Waals surface area contributed by atoms with E-state index in [0.717, 1.165) is 56.2 Å². The molecule has 3 amide bonds. The molecule has 0 bridgehead atoms. The molecule has 6 rings (SSSR count). The molecule has 0 saturated heterocycles. The highest BCUT2D eigenvalue weighted by Gasteiger charge is 2.58. The van der Waals surface area contributed by atoms with E-state index < -0.39 is 6.04 Å². The predicted molar refractivity (Wildman–Crippen MR) is 198 cm³/mol.